The molecule has 5 rings (SSSR count). The van der Waals surface area contributed by atoms with Crippen molar-refractivity contribution >= 4 is 11.8 Å². The summed E-state index contributed by atoms with van der Waals surface area (Å²) in [4.78, 5) is 37.7. The SMILES string of the molecule is O=C(c1ccoc1)N1CCC2(CC1)c1nc[nH]c1CCN2C(=O)C1CCC1. The van der Waals surface area contributed by atoms with Crippen LogP contribution in [0.1, 0.15) is 53.8 Å². The number of carbonyl (C=O) groups is 2. The number of furan rings is 1. The zero-order valence-electron chi connectivity index (χ0n) is 15.3. The van der Waals surface area contributed by atoms with Crippen LogP contribution in [-0.4, -0.2) is 51.2 Å². The Bertz CT molecular complexity index is 844. The summed E-state index contributed by atoms with van der Waals surface area (Å²) in [6.45, 7) is 1.97. The molecule has 0 bridgehead atoms. The number of hydrogen-bond donors (Lipinski definition) is 1. The van der Waals surface area contributed by atoms with Gasteiger partial charge in [-0.05, 0) is 31.7 Å². The van der Waals surface area contributed by atoms with E-state index < -0.39 is 0 Å². The predicted molar refractivity (Wildman–Crippen MR) is 96.9 cm³/mol. The largest absolute Gasteiger partial charge is 0.472 e. The van der Waals surface area contributed by atoms with Gasteiger partial charge in [-0.25, -0.2) is 4.98 Å². The summed E-state index contributed by atoms with van der Waals surface area (Å²) in [7, 11) is 0. The zero-order chi connectivity index (χ0) is 18.4. The molecule has 27 heavy (non-hydrogen) atoms. The van der Waals surface area contributed by atoms with Crippen molar-refractivity contribution in [2.75, 3.05) is 19.6 Å². The van der Waals surface area contributed by atoms with Gasteiger partial charge in [0.25, 0.3) is 5.91 Å². The van der Waals surface area contributed by atoms with Crippen molar-refractivity contribution in [3.8, 4) is 0 Å². The van der Waals surface area contributed by atoms with E-state index in [2.05, 4.69) is 14.9 Å². The quantitative estimate of drug-likeness (QED) is 0.882. The van der Waals surface area contributed by atoms with Gasteiger partial charge in [0, 0.05) is 37.7 Å². The number of hydrogen-bond acceptors (Lipinski definition) is 4. The van der Waals surface area contributed by atoms with Crippen molar-refractivity contribution in [1.29, 1.82) is 0 Å². The Hall–Kier alpha value is -2.57. The van der Waals surface area contributed by atoms with Gasteiger partial charge < -0.3 is 19.2 Å². The number of aromatic amines is 1. The maximum absolute atomic E-state index is 13.2. The minimum Gasteiger partial charge on any atom is -0.472 e. The van der Waals surface area contributed by atoms with Crippen LogP contribution in [0.5, 0.6) is 0 Å². The van der Waals surface area contributed by atoms with Crippen LogP contribution in [0.15, 0.2) is 29.3 Å². The van der Waals surface area contributed by atoms with E-state index in [-0.39, 0.29) is 23.3 Å². The minimum atomic E-state index is -0.382. The van der Waals surface area contributed by atoms with Gasteiger partial charge >= 0.3 is 0 Å². The summed E-state index contributed by atoms with van der Waals surface area (Å²) in [6.07, 6.45) is 10.2. The Morgan fingerprint density at radius 1 is 1.22 bits per heavy atom. The van der Waals surface area contributed by atoms with Gasteiger partial charge in [0.05, 0.1) is 29.4 Å². The highest BCUT2D eigenvalue weighted by Gasteiger charge is 2.50. The molecule has 0 unspecified atom stereocenters. The number of amides is 2. The van der Waals surface area contributed by atoms with E-state index in [1.165, 1.54) is 12.5 Å². The monoisotopic (exact) mass is 368 g/mol. The first-order valence-electron chi connectivity index (χ1n) is 9.85. The molecule has 2 aromatic rings. The number of nitrogens with one attached hydrogen (secondary N) is 1. The normalized spacial score (nSPS) is 21.8. The van der Waals surface area contributed by atoms with Crippen LogP contribution < -0.4 is 0 Å². The van der Waals surface area contributed by atoms with Gasteiger partial charge in [-0.2, -0.15) is 0 Å². The van der Waals surface area contributed by atoms with Crippen molar-refractivity contribution in [2.45, 2.75) is 44.1 Å². The standard InChI is InChI=1S/C20H24N4O3/c25-18(15-5-11-27-12-15)23-9-6-20(7-10-23)17-16(21-13-22-17)4-8-24(20)19(26)14-2-1-3-14/h5,11-14H,1-4,6-10H2,(H,21,22). The fourth-order valence-corrected chi connectivity index (χ4v) is 4.83. The lowest BCUT2D eigenvalue weighted by Gasteiger charge is -2.51. The van der Waals surface area contributed by atoms with E-state index in [9.17, 15) is 9.59 Å². The maximum Gasteiger partial charge on any atom is 0.257 e. The number of fused-ring (bicyclic) bond motifs is 2. The van der Waals surface area contributed by atoms with Crippen LogP contribution in [0.3, 0.4) is 0 Å². The summed E-state index contributed by atoms with van der Waals surface area (Å²) >= 11 is 0. The van der Waals surface area contributed by atoms with Gasteiger partial charge in [-0.3, -0.25) is 9.59 Å². The third kappa shape index (κ3) is 2.51. The van der Waals surface area contributed by atoms with Crippen LogP contribution >= 0.6 is 0 Å². The second-order valence-corrected chi connectivity index (χ2v) is 7.93. The Balaban J connectivity index is 1.42. The second kappa shape index (κ2) is 6.25. The van der Waals surface area contributed by atoms with E-state index in [0.29, 0.717) is 18.7 Å². The summed E-state index contributed by atoms with van der Waals surface area (Å²) in [5.41, 5.74) is 2.35. The molecule has 1 saturated heterocycles. The molecule has 2 fully saturated rings. The van der Waals surface area contributed by atoms with Gasteiger partial charge in [0.15, 0.2) is 0 Å². The number of likely N-dealkylation sites (tertiary alicyclic amines) is 1. The summed E-state index contributed by atoms with van der Waals surface area (Å²) in [5, 5.41) is 0. The number of aromatic nitrogens is 2. The van der Waals surface area contributed by atoms with Crippen LogP contribution in [0, 0.1) is 5.92 Å². The first kappa shape index (κ1) is 16.6. The topological polar surface area (TPSA) is 82.4 Å². The smallest absolute Gasteiger partial charge is 0.257 e. The molecule has 0 aromatic carbocycles. The van der Waals surface area contributed by atoms with Crippen molar-refractivity contribution < 1.29 is 14.0 Å². The molecule has 1 saturated carbocycles. The number of rotatable bonds is 2. The molecule has 2 aliphatic heterocycles. The molecular formula is C20H24N4O3. The highest BCUT2D eigenvalue weighted by atomic mass is 16.3. The van der Waals surface area contributed by atoms with Crippen molar-refractivity contribution in [3.63, 3.8) is 0 Å². The van der Waals surface area contributed by atoms with E-state index in [4.69, 9.17) is 4.42 Å². The number of carbonyl (C=O) groups excluding carboxylic acids is 2. The molecule has 1 aliphatic carbocycles. The molecule has 1 spiro atoms. The Labute approximate surface area is 157 Å². The lowest BCUT2D eigenvalue weighted by molar-refractivity contribution is -0.148. The molecule has 4 heterocycles. The van der Waals surface area contributed by atoms with Gasteiger partial charge in [-0.15, -0.1) is 0 Å². The molecular weight excluding hydrogens is 344 g/mol. The van der Waals surface area contributed by atoms with Crippen LogP contribution in [0.2, 0.25) is 0 Å². The van der Waals surface area contributed by atoms with Crippen molar-refractivity contribution in [3.05, 3.63) is 41.9 Å². The van der Waals surface area contributed by atoms with E-state index in [0.717, 1.165) is 56.5 Å². The number of imidazole rings is 1. The third-order valence-electron chi connectivity index (χ3n) is 6.63. The summed E-state index contributed by atoms with van der Waals surface area (Å²) in [5.74, 6) is 0.450. The van der Waals surface area contributed by atoms with Crippen LogP contribution in [0.4, 0.5) is 0 Å². The first-order valence-corrected chi connectivity index (χ1v) is 9.85. The molecule has 2 amide bonds. The molecule has 7 heteroatoms. The summed E-state index contributed by atoms with van der Waals surface area (Å²) < 4.78 is 5.05. The van der Waals surface area contributed by atoms with Gasteiger partial charge in [0.1, 0.15) is 6.26 Å². The lowest BCUT2D eigenvalue weighted by Crippen LogP contribution is -2.60. The molecule has 0 atom stereocenters. The average molecular weight is 368 g/mol. The predicted octanol–water partition coefficient (Wildman–Crippen LogP) is 2.32. The number of H-pyrrole nitrogens is 1. The highest BCUT2D eigenvalue weighted by Crippen LogP contribution is 2.44. The third-order valence-corrected chi connectivity index (χ3v) is 6.63. The Morgan fingerprint density at radius 2 is 2.04 bits per heavy atom. The molecule has 7 nitrogen and oxygen atoms in total. The molecule has 142 valence electrons. The van der Waals surface area contributed by atoms with Crippen LogP contribution in [0.25, 0.3) is 0 Å². The second-order valence-electron chi connectivity index (χ2n) is 7.93. The fraction of sp³-hybridized carbons (Fsp3) is 0.550. The minimum absolute atomic E-state index is 0.00599. The highest BCUT2D eigenvalue weighted by molar-refractivity contribution is 5.94. The molecule has 0 radical (unpaired) electrons. The number of piperidine rings is 1. The maximum atomic E-state index is 13.2. The average Bonchev–Trinajstić information content (AvgIpc) is 3.33. The molecule has 1 N–H and O–H groups in total. The Morgan fingerprint density at radius 3 is 2.70 bits per heavy atom. The van der Waals surface area contributed by atoms with E-state index in [1.54, 1.807) is 12.4 Å². The Kier molecular flexibility index (Phi) is 3.84. The van der Waals surface area contributed by atoms with Crippen LogP contribution in [-0.2, 0) is 16.8 Å². The van der Waals surface area contributed by atoms with E-state index >= 15 is 0 Å². The van der Waals surface area contributed by atoms with Gasteiger partial charge in [0.2, 0.25) is 5.91 Å². The molecule has 3 aliphatic rings. The first-order chi connectivity index (χ1) is 13.2. The summed E-state index contributed by atoms with van der Waals surface area (Å²) in [6, 6.07) is 1.70. The van der Waals surface area contributed by atoms with Gasteiger partial charge in [-0.1, -0.05) is 6.42 Å². The van der Waals surface area contributed by atoms with Crippen molar-refractivity contribution in [1.82, 2.24) is 19.8 Å². The fourth-order valence-electron chi connectivity index (χ4n) is 4.83. The van der Waals surface area contributed by atoms with E-state index in [1.807, 2.05) is 4.90 Å². The molecule has 2 aromatic heterocycles. The van der Waals surface area contributed by atoms with Crippen molar-refractivity contribution in [2.24, 2.45) is 5.92 Å². The number of nitrogens with zero attached hydrogens (tertiary/aromatic N) is 3. The zero-order valence-corrected chi connectivity index (χ0v) is 15.3. The lowest BCUT2D eigenvalue weighted by atomic mass is 9.76.